The molecule has 0 atom stereocenters. The van der Waals surface area contributed by atoms with E-state index in [1.807, 2.05) is 0 Å². The third-order valence-electron chi connectivity index (χ3n) is 4.14. The largest absolute Gasteiger partial charge is 0.298 e. The van der Waals surface area contributed by atoms with Crippen LogP contribution in [0.4, 0.5) is 4.39 Å². The summed E-state index contributed by atoms with van der Waals surface area (Å²) in [6, 6.07) is 5.85. The average Bonchev–Trinajstić information content (AvgIpc) is 3.22. The quantitative estimate of drug-likeness (QED) is 0.795. The van der Waals surface area contributed by atoms with Crippen LogP contribution < -0.4 is 0 Å². The summed E-state index contributed by atoms with van der Waals surface area (Å²) in [7, 11) is 0. The highest BCUT2D eigenvalue weighted by Crippen LogP contribution is 2.38. The molecule has 0 unspecified atom stereocenters. The third-order valence-corrected chi connectivity index (χ3v) is 4.14. The van der Waals surface area contributed by atoms with E-state index in [2.05, 4.69) is 0 Å². The lowest BCUT2D eigenvalue weighted by Gasteiger charge is -2.25. The van der Waals surface area contributed by atoms with Crippen LogP contribution in [0.2, 0.25) is 0 Å². The first kappa shape index (κ1) is 13.2. The molecule has 2 fully saturated rings. The van der Waals surface area contributed by atoms with Crippen molar-refractivity contribution in [1.82, 2.24) is 0 Å². The van der Waals surface area contributed by atoms with Crippen LogP contribution in [-0.4, -0.2) is 17.3 Å². The Bertz CT molecular complexity index is 554. The van der Waals surface area contributed by atoms with Crippen molar-refractivity contribution in [1.29, 1.82) is 0 Å². The van der Waals surface area contributed by atoms with Gasteiger partial charge < -0.3 is 0 Å². The second-order valence-electron chi connectivity index (χ2n) is 5.70. The number of hydrogen-bond acceptors (Lipinski definition) is 3. The molecule has 4 heteroatoms. The Hall–Kier alpha value is -1.84. The van der Waals surface area contributed by atoms with Crippen molar-refractivity contribution < 1.29 is 18.8 Å². The van der Waals surface area contributed by atoms with E-state index in [-0.39, 0.29) is 47.8 Å². The number of rotatable bonds is 3. The van der Waals surface area contributed by atoms with E-state index in [9.17, 15) is 18.8 Å². The average molecular weight is 274 g/mol. The molecule has 3 nitrogen and oxygen atoms in total. The number of halogens is 1. The van der Waals surface area contributed by atoms with Gasteiger partial charge in [0.1, 0.15) is 11.7 Å². The van der Waals surface area contributed by atoms with Crippen molar-refractivity contribution in [3.8, 4) is 0 Å². The summed E-state index contributed by atoms with van der Waals surface area (Å²) in [5.74, 6) is -2.39. The highest BCUT2D eigenvalue weighted by molar-refractivity contribution is 6.21. The predicted molar refractivity (Wildman–Crippen MR) is 69.6 cm³/mol. The monoisotopic (exact) mass is 274 g/mol. The first-order valence-corrected chi connectivity index (χ1v) is 6.91. The van der Waals surface area contributed by atoms with Crippen molar-refractivity contribution in [3.05, 3.63) is 35.6 Å². The molecule has 2 aliphatic carbocycles. The topological polar surface area (TPSA) is 51.2 Å². The summed E-state index contributed by atoms with van der Waals surface area (Å²) < 4.78 is 12.9. The molecule has 0 aromatic heterocycles. The van der Waals surface area contributed by atoms with Gasteiger partial charge in [0.25, 0.3) is 0 Å². The van der Waals surface area contributed by atoms with E-state index in [0.717, 1.165) is 18.4 Å². The van der Waals surface area contributed by atoms with Crippen molar-refractivity contribution in [2.45, 2.75) is 31.6 Å². The van der Waals surface area contributed by atoms with Gasteiger partial charge in [-0.15, -0.1) is 0 Å². The van der Waals surface area contributed by atoms with Gasteiger partial charge in [0.15, 0.2) is 17.3 Å². The van der Waals surface area contributed by atoms with Crippen LogP contribution >= 0.6 is 0 Å². The highest BCUT2D eigenvalue weighted by atomic mass is 19.1. The van der Waals surface area contributed by atoms with Gasteiger partial charge in [-0.3, -0.25) is 14.4 Å². The van der Waals surface area contributed by atoms with E-state index >= 15 is 0 Å². The van der Waals surface area contributed by atoms with Crippen molar-refractivity contribution in [2.75, 3.05) is 0 Å². The number of benzene rings is 1. The van der Waals surface area contributed by atoms with Gasteiger partial charge >= 0.3 is 0 Å². The molecule has 0 radical (unpaired) electrons. The summed E-state index contributed by atoms with van der Waals surface area (Å²) in [5, 5.41) is 0. The van der Waals surface area contributed by atoms with Gasteiger partial charge in [-0.2, -0.15) is 0 Å². The zero-order valence-corrected chi connectivity index (χ0v) is 11.0. The number of carbonyl (C=O) groups is 3. The number of hydrogen-bond donors (Lipinski definition) is 0. The van der Waals surface area contributed by atoms with E-state index < -0.39 is 5.92 Å². The molecule has 0 amide bonds. The van der Waals surface area contributed by atoms with Gasteiger partial charge in [-0.05, 0) is 36.5 Å². The predicted octanol–water partition coefficient (Wildman–Crippen LogP) is 2.44. The number of Topliss-reactive ketones (excluding diaryl/α,β-unsaturated/α-hetero) is 3. The first-order valence-electron chi connectivity index (χ1n) is 6.91. The van der Waals surface area contributed by atoms with Gasteiger partial charge in [-0.1, -0.05) is 12.1 Å². The minimum atomic E-state index is -1.03. The Kier molecular flexibility index (Phi) is 3.24. The van der Waals surface area contributed by atoms with Gasteiger partial charge in [0.2, 0.25) is 0 Å². The maximum absolute atomic E-state index is 12.9. The van der Waals surface area contributed by atoms with Crippen LogP contribution in [0.15, 0.2) is 24.3 Å². The molecule has 1 aromatic carbocycles. The van der Waals surface area contributed by atoms with Gasteiger partial charge in [-0.25, -0.2) is 4.39 Å². The molecular formula is C16H15FO3. The molecule has 0 bridgehead atoms. The number of carbonyl (C=O) groups excluding carboxylic acids is 3. The SMILES string of the molecule is O=C1CC(c2ccc(F)cc2)CC(=O)C1C(=O)C1CC1. The Morgan fingerprint density at radius 1 is 1.00 bits per heavy atom. The molecule has 0 saturated heterocycles. The van der Waals surface area contributed by atoms with E-state index in [4.69, 9.17) is 0 Å². The molecule has 104 valence electrons. The molecule has 2 saturated carbocycles. The summed E-state index contributed by atoms with van der Waals surface area (Å²) >= 11 is 0. The lowest BCUT2D eigenvalue weighted by Crippen LogP contribution is -2.38. The minimum absolute atomic E-state index is 0.0738. The molecule has 0 N–H and O–H groups in total. The maximum Gasteiger partial charge on any atom is 0.153 e. The highest BCUT2D eigenvalue weighted by Gasteiger charge is 2.45. The van der Waals surface area contributed by atoms with Crippen LogP contribution in [0, 0.1) is 17.7 Å². The fraction of sp³-hybridized carbons (Fsp3) is 0.438. The van der Waals surface area contributed by atoms with E-state index in [1.54, 1.807) is 12.1 Å². The molecule has 1 aromatic rings. The van der Waals surface area contributed by atoms with Crippen molar-refractivity contribution in [3.63, 3.8) is 0 Å². The normalized spacial score (nSPS) is 26.6. The van der Waals surface area contributed by atoms with Crippen LogP contribution in [0.5, 0.6) is 0 Å². The molecular weight excluding hydrogens is 259 g/mol. The molecule has 20 heavy (non-hydrogen) atoms. The van der Waals surface area contributed by atoms with Crippen molar-refractivity contribution in [2.24, 2.45) is 11.8 Å². The minimum Gasteiger partial charge on any atom is -0.298 e. The third kappa shape index (κ3) is 2.42. The maximum atomic E-state index is 12.9. The van der Waals surface area contributed by atoms with Crippen LogP contribution in [0.25, 0.3) is 0 Å². The summed E-state index contributed by atoms with van der Waals surface area (Å²) in [6.45, 7) is 0. The molecule has 0 heterocycles. The smallest absolute Gasteiger partial charge is 0.153 e. The zero-order chi connectivity index (χ0) is 14.3. The summed E-state index contributed by atoms with van der Waals surface area (Å²) in [4.78, 5) is 36.2. The molecule has 0 spiro atoms. The van der Waals surface area contributed by atoms with E-state index in [1.165, 1.54) is 12.1 Å². The summed E-state index contributed by atoms with van der Waals surface area (Å²) in [6.07, 6.45) is 2.00. The summed E-state index contributed by atoms with van der Waals surface area (Å²) in [5.41, 5.74) is 0.783. The molecule has 3 rings (SSSR count). The zero-order valence-electron chi connectivity index (χ0n) is 11.0. The lowest BCUT2D eigenvalue weighted by atomic mass is 9.74. The second kappa shape index (κ2) is 4.93. The fourth-order valence-electron chi connectivity index (χ4n) is 2.86. The Morgan fingerprint density at radius 3 is 2.05 bits per heavy atom. The second-order valence-corrected chi connectivity index (χ2v) is 5.70. The lowest BCUT2D eigenvalue weighted by molar-refractivity contribution is -0.143. The number of ketones is 3. The van der Waals surface area contributed by atoms with Gasteiger partial charge in [0.05, 0.1) is 0 Å². The Morgan fingerprint density at radius 2 is 1.55 bits per heavy atom. The van der Waals surface area contributed by atoms with Crippen molar-refractivity contribution >= 4 is 17.3 Å². The van der Waals surface area contributed by atoms with Gasteiger partial charge in [0, 0.05) is 18.8 Å². The first-order chi connectivity index (χ1) is 9.56. The van der Waals surface area contributed by atoms with Crippen LogP contribution in [-0.2, 0) is 14.4 Å². The Balaban J connectivity index is 1.76. The molecule has 0 aliphatic heterocycles. The standard InChI is InChI=1S/C16H15FO3/c17-12-5-3-9(4-6-12)11-7-13(18)15(14(19)8-11)16(20)10-1-2-10/h3-6,10-11,15H,1-2,7-8H2. The fourth-order valence-corrected chi connectivity index (χ4v) is 2.86. The van der Waals surface area contributed by atoms with Crippen LogP contribution in [0.1, 0.15) is 37.2 Å². The van der Waals surface area contributed by atoms with Crippen LogP contribution in [0.3, 0.4) is 0 Å². The Labute approximate surface area is 116 Å². The molecule has 2 aliphatic rings. The van der Waals surface area contributed by atoms with E-state index in [0.29, 0.717) is 0 Å².